The Hall–Kier alpha value is -9.21. The fourth-order valence-electron chi connectivity index (χ4n) is 13.5. The Labute approximate surface area is 602 Å². The first-order valence-corrected chi connectivity index (χ1v) is 36.7. The summed E-state index contributed by atoms with van der Waals surface area (Å²) in [5.74, 6) is -2.75. The largest absolute Gasteiger partial charge is 0.481 e. The summed E-state index contributed by atoms with van der Waals surface area (Å²) in [5, 5.41) is 28.8. The molecule has 1 aliphatic carbocycles. The van der Waals surface area contributed by atoms with Crippen molar-refractivity contribution < 1.29 is 62.6 Å². The molecule has 0 saturated heterocycles. The van der Waals surface area contributed by atoms with Crippen LogP contribution in [-0.2, 0) is 61.9 Å². The Morgan fingerprint density at radius 2 is 1.37 bits per heavy atom. The van der Waals surface area contributed by atoms with Crippen molar-refractivity contribution >= 4 is 64.4 Å². The molecule has 3 aliphatic rings. The highest BCUT2D eigenvalue weighted by Crippen LogP contribution is 2.48. The number of hydrogen-bond acceptors (Lipinski definition) is 12. The van der Waals surface area contributed by atoms with Gasteiger partial charge in [-0.25, -0.2) is 9.59 Å². The van der Waals surface area contributed by atoms with Crippen LogP contribution in [-0.4, -0.2) is 139 Å². The molecular formula is C81H110N9O12+. The molecule has 102 heavy (non-hydrogen) atoms. The molecule has 0 saturated carbocycles. The van der Waals surface area contributed by atoms with Gasteiger partial charge in [0.05, 0.1) is 31.3 Å². The van der Waals surface area contributed by atoms with Crippen LogP contribution >= 0.6 is 0 Å². The molecular weight excluding hydrogens is 1290 g/mol. The maximum Gasteiger partial charge on any atom is 0.326 e. The van der Waals surface area contributed by atoms with E-state index in [1.807, 2.05) is 54.6 Å². The number of amides is 4. The minimum atomic E-state index is -1.35. The average Bonchev–Trinajstić information content (AvgIpc) is 1.60. The topological polar surface area (TPSA) is 306 Å². The summed E-state index contributed by atoms with van der Waals surface area (Å²) < 4.78 is 21.0. The summed E-state index contributed by atoms with van der Waals surface area (Å²) in [7, 11) is 0. The van der Waals surface area contributed by atoms with Gasteiger partial charge in [-0.05, 0) is 149 Å². The van der Waals surface area contributed by atoms with Gasteiger partial charge in [0.2, 0.25) is 17.5 Å². The summed E-state index contributed by atoms with van der Waals surface area (Å²) in [4.78, 5) is 95.3. The number of carbonyl (C=O) groups excluding carboxylic acids is 5. The summed E-state index contributed by atoms with van der Waals surface area (Å²) >= 11 is 0. The monoisotopic (exact) mass is 1400 g/mol. The average molecular weight is 1400 g/mol. The van der Waals surface area contributed by atoms with Crippen LogP contribution < -0.4 is 42.4 Å². The molecule has 4 aromatic rings. The second-order valence-electron chi connectivity index (χ2n) is 27.7. The van der Waals surface area contributed by atoms with E-state index in [4.69, 9.17) is 30.8 Å². The van der Waals surface area contributed by atoms with E-state index in [0.29, 0.717) is 51.0 Å². The first-order chi connectivity index (χ1) is 49.1. The number of unbranched alkanes of at least 4 members (excludes halogenated alkanes) is 3. The molecule has 4 aromatic carbocycles. The van der Waals surface area contributed by atoms with E-state index < -0.39 is 48.3 Å². The number of carboxylic acids is 2. The number of ketones is 2. The molecule has 4 amide bonds. The molecule has 10 N–H and O–H groups in total. The SMILES string of the molecule is CCCCC[N+]1=C(/C=C/C2=C(Oc3ccc(CCNC(=O)[C@H](CCCN=C(N)N)CC(=O)[C@H](Cc4ccccc4)NC(=O)CCOCCOCCCC(=O)CCCNC(=O)N[C@H](CCC(=O)O)C(=O)O)cc3)C(=C/C=C3/N(CCCC)c4ccccc4C3(C)C)/CCC2)C(C)(C)c2ccccc21. The number of nitrogens with two attached hydrogens (primary N) is 2. The number of carbonyl (C=O) groups is 7. The number of aliphatic imine (C=N–C) groups is 1. The Balaban J connectivity index is 0.958. The van der Waals surface area contributed by atoms with Crippen LogP contribution in [0.5, 0.6) is 5.75 Å². The molecule has 7 rings (SSSR count). The van der Waals surface area contributed by atoms with Gasteiger partial charge in [-0.3, -0.25) is 29.0 Å². The standard InChI is InChI=1S/C81H109N9O12/c1-7-9-18-50-90-69-33-17-15-31-65(69)81(5,6)72(90)42-37-60-26-19-25-59(36-41-71-80(3,4)64-30-14-16-32-68(64)89(71)49-10-8-2)75(60)102-63-38-34-57(35-39-63)44-48-84-76(96)61(27-20-46-85-78(82)83)56-70(92)67(55-58-23-12-11-13-24-58)87-73(93)45-52-101-54-53-100-51-22-29-62(91)28-21-47-86-79(99)88-66(77(97)98)40-43-74(94)95/h11-17,23-24,30-39,41-42,61,66-67H,7-10,18-22,25-29,40,43-56H2,1-6H3,(H9-,82,83,84,85,86,87,88,93,94,95,96,97,98,99)/p+1/t61-,66-,67+/m1/s1. The number of fused-ring (bicyclic) bond motifs is 2. The summed E-state index contributed by atoms with van der Waals surface area (Å²) in [5.41, 5.74) is 22.8. The summed E-state index contributed by atoms with van der Waals surface area (Å²) in [6.45, 7) is 17.2. The number of aliphatic carboxylic acids is 2. The van der Waals surface area contributed by atoms with Gasteiger partial charge in [0.1, 0.15) is 29.9 Å². The first kappa shape index (κ1) is 80.1. The van der Waals surface area contributed by atoms with Gasteiger partial charge in [0, 0.05) is 112 Å². The van der Waals surface area contributed by atoms with E-state index in [-0.39, 0.29) is 106 Å². The number of carboxylic acid groups (broad SMARTS) is 2. The zero-order chi connectivity index (χ0) is 73.4. The van der Waals surface area contributed by atoms with Crippen molar-refractivity contribution in [1.82, 2.24) is 21.3 Å². The molecule has 550 valence electrons. The predicted octanol–water partition coefficient (Wildman–Crippen LogP) is 11.9. The number of urea groups is 1. The zero-order valence-corrected chi connectivity index (χ0v) is 60.8. The lowest BCUT2D eigenvalue weighted by atomic mass is 9.81. The van der Waals surface area contributed by atoms with Crippen molar-refractivity contribution in [2.45, 2.75) is 193 Å². The minimum absolute atomic E-state index is 0.0317. The molecule has 0 unspecified atom stereocenters. The number of Topliss-reactive ketones (excluding diaryl/α,β-unsaturated/α-hetero) is 2. The molecule has 0 spiro atoms. The van der Waals surface area contributed by atoms with Crippen LogP contribution in [0.15, 0.2) is 155 Å². The highest BCUT2D eigenvalue weighted by molar-refractivity contribution is 6.03. The van der Waals surface area contributed by atoms with E-state index in [9.17, 15) is 38.7 Å². The number of nitrogens with one attached hydrogen (secondary N) is 4. The maximum absolute atomic E-state index is 14.4. The van der Waals surface area contributed by atoms with Gasteiger partial charge < -0.3 is 62.1 Å². The van der Waals surface area contributed by atoms with Crippen LogP contribution in [0.3, 0.4) is 0 Å². The summed E-state index contributed by atoms with van der Waals surface area (Å²) in [6.07, 6.45) is 19.5. The maximum atomic E-state index is 14.4. The number of hydrogen-bond donors (Lipinski definition) is 8. The molecule has 0 bridgehead atoms. The molecule has 21 heteroatoms. The van der Waals surface area contributed by atoms with Crippen molar-refractivity contribution in [1.29, 1.82) is 0 Å². The number of rotatable bonds is 45. The first-order valence-electron chi connectivity index (χ1n) is 36.7. The molecule has 2 heterocycles. The highest BCUT2D eigenvalue weighted by atomic mass is 16.5. The summed E-state index contributed by atoms with van der Waals surface area (Å²) in [6, 6.07) is 32.0. The minimum Gasteiger partial charge on any atom is -0.481 e. The third kappa shape index (κ3) is 24.5. The lowest BCUT2D eigenvalue weighted by Gasteiger charge is -2.27. The van der Waals surface area contributed by atoms with Gasteiger partial charge in [-0.1, -0.05) is 125 Å². The second-order valence-corrected chi connectivity index (χ2v) is 27.7. The Bertz CT molecular complexity index is 3660. The van der Waals surface area contributed by atoms with Crippen molar-refractivity contribution in [3.63, 3.8) is 0 Å². The number of benzene rings is 4. The van der Waals surface area contributed by atoms with E-state index in [0.717, 1.165) is 86.1 Å². The van der Waals surface area contributed by atoms with Gasteiger partial charge in [-0.15, -0.1) is 0 Å². The van der Waals surface area contributed by atoms with Gasteiger partial charge >= 0.3 is 18.0 Å². The number of anilines is 1. The normalized spacial score (nSPS) is 16.1. The Morgan fingerprint density at radius 3 is 2.10 bits per heavy atom. The van der Waals surface area contributed by atoms with Gasteiger partial charge in [-0.2, -0.15) is 4.58 Å². The lowest BCUT2D eigenvalue weighted by molar-refractivity contribution is -0.438. The van der Waals surface area contributed by atoms with E-state index >= 15 is 0 Å². The molecule has 3 atom stereocenters. The number of nitrogens with zero attached hydrogens (tertiary/aromatic N) is 3. The van der Waals surface area contributed by atoms with E-state index in [1.165, 1.54) is 40.3 Å². The molecule has 21 nitrogen and oxygen atoms in total. The van der Waals surface area contributed by atoms with Crippen LogP contribution in [0.1, 0.15) is 179 Å². The smallest absolute Gasteiger partial charge is 0.326 e. The van der Waals surface area contributed by atoms with Crippen molar-refractivity contribution in [2.75, 3.05) is 64.1 Å². The third-order valence-electron chi connectivity index (χ3n) is 19.1. The van der Waals surface area contributed by atoms with Crippen LogP contribution in [0, 0.1) is 5.92 Å². The number of guanidine groups is 1. The number of para-hydroxylation sites is 2. The number of allylic oxidation sites excluding steroid dienone is 7. The second kappa shape index (κ2) is 41.0. The molecule has 2 aliphatic heterocycles. The molecule has 0 aromatic heterocycles. The van der Waals surface area contributed by atoms with Crippen LogP contribution in [0.4, 0.5) is 16.2 Å². The van der Waals surface area contributed by atoms with E-state index in [2.05, 4.69) is 150 Å². The lowest BCUT2D eigenvalue weighted by Crippen LogP contribution is -2.46. The van der Waals surface area contributed by atoms with Crippen molar-refractivity contribution in [3.05, 3.63) is 172 Å². The Kier molecular flexibility index (Phi) is 32.2. The fraction of sp³-hybridized carbons (Fsp3) is 0.494. The van der Waals surface area contributed by atoms with Crippen molar-refractivity contribution in [2.24, 2.45) is 22.4 Å². The van der Waals surface area contributed by atoms with Crippen molar-refractivity contribution in [3.8, 4) is 5.75 Å². The zero-order valence-electron chi connectivity index (χ0n) is 60.8. The third-order valence-corrected chi connectivity index (χ3v) is 19.1. The van der Waals surface area contributed by atoms with Crippen LogP contribution in [0.25, 0.3) is 0 Å². The Morgan fingerprint density at radius 1 is 0.667 bits per heavy atom. The number of ether oxygens (including phenoxy) is 3. The predicted molar refractivity (Wildman–Crippen MR) is 400 cm³/mol. The highest BCUT2D eigenvalue weighted by Gasteiger charge is 2.44. The van der Waals surface area contributed by atoms with Gasteiger partial charge in [0.15, 0.2) is 17.5 Å². The molecule has 0 fully saturated rings. The van der Waals surface area contributed by atoms with E-state index in [1.54, 1.807) is 0 Å². The molecule has 0 radical (unpaired) electrons. The van der Waals surface area contributed by atoms with Crippen LogP contribution in [0.2, 0.25) is 0 Å². The quantitative estimate of drug-likeness (QED) is 0.00883. The fourth-order valence-corrected chi connectivity index (χ4v) is 13.5. The van der Waals surface area contributed by atoms with Gasteiger partial charge in [0.25, 0.3) is 0 Å².